The maximum Gasteiger partial charge on any atom is 0.509 e. The summed E-state index contributed by atoms with van der Waals surface area (Å²) in [4.78, 5) is 31.8. The smallest absolute Gasteiger partial charge is 0.282 e. The van der Waals surface area contributed by atoms with E-state index in [9.17, 15) is 32.1 Å². The van der Waals surface area contributed by atoms with Gasteiger partial charge in [-0.15, -0.1) is 0 Å². The molecule has 0 radical (unpaired) electrons. The quantitative estimate of drug-likeness (QED) is 0.442. The lowest BCUT2D eigenvalue weighted by molar-refractivity contribution is -0.112. The Hall–Kier alpha value is -0.0400. The minimum absolute atomic E-state index is 0.262. The summed E-state index contributed by atoms with van der Waals surface area (Å²) in [5.41, 5.74) is 0. The van der Waals surface area contributed by atoms with E-state index in [-0.39, 0.29) is 36.1 Å². The van der Waals surface area contributed by atoms with Crippen LogP contribution in [0.2, 0.25) is 0 Å². The molecule has 0 N–H and O–H groups in total. The van der Waals surface area contributed by atoms with Crippen molar-refractivity contribution in [2.45, 2.75) is 0 Å². The molecule has 20 heavy (non-hydrogen) atoms. The van der Waals surface area contributed by atoms with Gasteiger partial charge in [-0.2, -0.15) is 0 Å². The largest absolute Gasteiger partial charge is 0.509 e. The SMILES string of the molecule is O=C(CF)SOP(=O)(OSC(=O)CF)OSC(=O)CF. The van der Waals surface area contributed by atoms with Crippen molar-refractivity contribution in [2.24, 2.45) is 0 Å². The van der Waals surface area contributed by atoms with Gasteiger partial charge < -0.3 is 0 Å². The molecule has 116 valence electrons. The Morgan fingerprint density at radius 1 is 0.750 bits per heavy atom. The Morgan fingerprint density at radius 3 is 1.20 bits per heavy atom. The van der Waals surface area contributed by atoms with Gasteiger partial charge in [-0.3, -0.25) is 14.4 Å². The fraction of sp³-hybridized carbons (Fsp3) is 0.500. The Bertz CT molecular complexity index is 352. The van der Waals surface area contributed by atoms with Gasteiger partial charge in [0.1, 0.15) is 0 Å². The third-order valence-electron chi connectivity index (χ3n) is 0.992. The van der Waals surface area contributed by atoms with Gasteiger partial charge in [0, 0.05) is 0 Å². The van der Waals surface area contributed by atoms with Gasteiger partial charge in [0.25, 0.3) is 0 Å². The first-order chi connectivity index (χ1) is 9.36. The van der Waals surface area contributed by atoms with Crippen LogP contribution in [0.4, 0.5) is 13.2 Å². The summed E-state index contributed by atoms with van der Waals surface area (Å²) in [6, 6.07) is 0. The predicted molar refractivity (Wildman–Crippen MR) is 66.6 cm³/mol. The van der Waals surface area contributed by atoms with Crippen LogP contribution in [-0.4, -0.2) is 35.4 Å². The minimum Gasteiger partial charge on any atom is -0.282 e. The Morgan fingerprint density at radius 2 is 1.00 bits per heavy atom. The van der Waals surface area contributed by atoms with Crippen LogP contribution in [0.25, 0.3) is 0 Å². The van der Waals surface area contributed by atoms with Crippen molar-refractivity contribution in [3.05, 3.63) is 0 Å². The van der Waals surface area contributed by atoms with Crippen molar-refractivity contribution in [3.8, 4) is 0 Å². The number of carbonyl (C=O) groups is 3. The topological polar surface area (TPSA) is 96.0 Å². The van der Waals surface area contributed by atoms with Gasteiger partial charge in [-0.25, -0.2) is 29.6 Å². The van der Waals surface area contributed by atoms with Crippen LogP contribution >= 0.6 is 44.0 Å². The molecule has 14 heteroatoms. The average Bonchev–Trinajstić information content (AvgIpc) is 2.47. The molecule has 0 aliphatic carbocycles. The first kappa shape index (κ1) is 20.0. The van der Waals surface area contributed by atoms with E-state index in [0.29, 0.717) is 0 Å². The predicted octanol–water partition coefficient (Wildman–Crippen LogP) is 2.58. The van der Waals surface area contributed by atoms with Crippen molar-refractivity contribution in [1.82, 2.24) is 0 Å². The number of hydrogen-bond donors (Lipinski definition) is 0. The molecule has 0 unspecified atom stereocenters. The highest BCUT2D eigenvalue weighted by Gasteiger charge is 2.33. The van der Waals surface area contributed by atoms with Gasteiger partial charge in [0.05, 0.1) is 36.1 Å². The van der Waals surface area contributed by atoms with Gasteiger partial charge in [-0.05, 0) is 0 Å². The summed E-state index contributed by atoms with van der Waals surface area (Å²) in [6.07, 6.45) is 0. The van der Waals surface area contributed by atoms with Crippen molar-refractivity contribution in [2.75, 3.05) is 20.0 Å². The molecule has 0 aromatic rings. The Kier molecular flexibility index (Phi) is 10.6. The molecular formula is C6H6F3O7PS3. The highest BCUT2D eigenvalue weighted by molar-refractivity contribution is 8.16. The molecular weight excluding hydrogens is 368 g/mol. The number of alkyl halides is 3. The standard InChI is InChI=1S/C6H6F3O7PS3/c7-1-4(10)18-14-17(13,15-19-5(11)2-8)16-20-6(12)3-9/h1-3H2. The second kappa shape index (κ2) is 10.7. The van der Waals surface area contributed by atoms with Crippen molar-refractivity contribution >= 4 is 59.3 Å². The van der Waals surface area contributed by atoms with E-state index in [4.69, 9.17) is 0 Å². The average molecular weight is 374 g/mol. The van der Waals surface area contributed by atoms with Crippen LogP contribution in [0.1, 0.15) is 0 Å². The van der Waals surface area contributed by atoms with E-state index in [2.05, 4.69) is 11.9 Å². The summed E-state index contributed by atoms with van der Waals surface area (Å²) in [7, 11) is -4.69. The van der Waals surface area contributed by atoms with Crippen molar-refractivity contribution < 1.29 is 44.0 Å². The fourth-order valence-electron chi connectivity index (χ4n) is 0.366. The maximum atomic E-state index is 11.9. The summed E-state index contributed by atoms with van der Waals surface area (Å²) in [6.45, 7) is -4.38. The van der Waals surface area contributed by atoms with Crippen LogP contribution < -0.4 is 0 Å². The monoisotopic (exact) mass is 374 g/mol. The molecule has 0 aliphatic rings. The summed E-state index contributed by atoms with van der Waals surface area (Å²) in [5.74, 6) is 0. The lowest BCUT2D eigenvalue weighted by Crippen LogP contribution is -2.00. The third kappa shape index (κ3) is 9.00. The first-order valence-corrected chi connectivity index (χ1v) is 8.00. The van der Waals surface area contributed by atoms with Gasteiger partial charge in [0.2, 0.25) is 15.3 Å². The zero-order chi connectivity index (χ0) is 15.6. The molecule has 0 rings (SSSR count). The zero-order valence-electron chi connectivity index (χ0n) is 9.28. The number of hydrogen-bond acceptors (Lipinski definition) is 10. The number of carbonyl (C=O) groups excluding carboxylic acids is 3. The highest BCUT2D eigenvalue weighted by atomic mass is 32.2. The fourth-order valence-corrected chi connectivity index (χ4v) is 3.56. The Balaban J connectivity index is 4.56. The summed E-state index contributed by atoms with van der Waals surface area (Å²) >= 11 is -0.786. The van der Waals surface area contributed by atoms with Gasteiger partial charge in [0.15, 0.2) is 20.0 Å². The molecule has 0 saturated carbocycles. The highest BCUT2D eigenvalue weighted by Crippen LogP contribution is 2.58. The van der Waals surface area contributed by atoms with Crippen molar-refractivity contribution in [3.63, 3.8) is 0 Å². The molecule has 0 amide bonds. The Labute approximate surface area is 123 Å². The summed E-state index contributed by atoms with van der Waals surface area (Å²) < 4.78 is 60.0. The number of rotatable bonds is 9. The van der Waals surface area contributed by atoms with Crippen molar-refractivity contribution in [1.29, 1.82) is 0 Å². The number of phosphoric acid groups is 1. The zero-order valence-corrected chi connectivity index (χ0v) is 12.6. The van der Waals surface area contributed by atoms with Crippen LogP contribution in [-0.2, 0) is 30.9 Å². The molecule has 0 atom stereocenters. The maximum absolute atomic E-state index is 11.9. The van der Waals surface area contributed by atoms with Crippen LogP contribution in [0.15, 0.2) is 0 Å². The lowest BCUT2D eigenvalue weighted by Gasteiger charge is -2.12. The van der Waals surface area contributed by atoms with Crippen LogP contribution in [0.5, 0.6) is 0 Å². The number of halogens is 3. The molecule has 0 aliphatic heterocycles. The van der Waals surface area contributed by atoms with Gasteiger partial charge >= 0.3 is 7.82 Å². The first-order valence-electron chi connectivity index (χ1n) is 4.32. The normalized spacial score (nSPS) is 11.3. The second-order valence-electron chi connectivity index (χ2n) is 2.44. The molecule has 0 aromatic carbocycles. The van der Waals surface area contributed by atoms with E-state index in [1.807, 2.05) is 0 Å². The lowest BCUT2D eigenvalue weighted by atomic mass is 10.9. The molecule has 0 spiro atoms. The molecule has 0 aromatic heterocycles. The van der Waals surface area contributed by atoms with E-state index in [1.165, 1.54) is 0 Å². The molecule has 0 fully saturated rings. The third-order valence-corrected chi connectivity index (χ3v) is 4.96. The molecule has 0 heterocycles. The van der Waals surface area contributed by atoms with E-state index in [1.54, 1.807) is 0 Å². The van der Waals surface area contributed by atoms with E-state index in [0.717, 1.165) is 0 Å². The van der Waals surface area contributed by atoms with Crippen LogP contribution in [0, 0.1) is 0 Å². The molecule has 0 saturated heterocycles. The molecule has 0 bridgehead atoms. The van der Waals surface area contributed by atoms with Crippen LogP contribution in [0.3, 0.4) is 0 Å². The van der Waals surface area contributed by atoms with Gasteiger partial charge in [-0.1, -0.05) is 0 Å². The van der Waals surface area contributed by atoms with E-state index < -0.39 is 43.2 Å². The summed E-state index contributed by atoms with van der Waals surface area (Å²) in [5, 5.41) is -3.62. The second-order valence-corrected chi connectivity index (χ2v) is 6.99. The molecule has 7 nitrogen and oxygen atoms in total. The van der Waals surface area contributed by atoms with E-state index >= 15 is 0 Å². The minimum atomic E-state index is -4.69.